The van der Waals surface area contributed by atoms with Gasteiger partial charge in [0.25, 0.3) is 0 Å². The first-order valence-electron chi connectivity index (χ1n) is 6.05. The molecule has 1 atom stereocenters. The number of rotatable bonds is 5. The summed E-state index contributed by atoms with van der Waals surface area (Å²) in [4.78, 5) is 13.9. The Morgan fingerprint density at radius 2 is 2.32 bits per heavy atom. The van der Waals surface area contributed by atoms with Gasteiger partial charge in [-0.15, -0.1) is 11.3 Å². The van der Waals surface area contributed by atoms with E-state index in [4.69, 9.17) is 4.42 Å². The highest BCUT2D eigenvalue weighted by Gasteiger charge is 2.12. The quantitative estimate of drug-likeness (QED) is 0.853. The number of aryl methyl sites for hydroxylation is 1. The zero-order chi connectivity index (χ0) is 13.8. The normalized spacial score (nSPS) is 12.4. The van der Waals surface area contributed by atoms with Crippen molar-refractivity contribution in [3.05, 3.63) is 45.5 Å². The molecule has 0 aliphatic heterocycles. The molecule has 2 aromatic rings. The second-order valence-electron chi connectivity index (χ2n) is 4.34. The van der Waals surface area contributed by atoms with Gasteiger partial charge in [-0.05, 0) is 32.0 Å². The fraction of sp³-hybridized carbons (Fsp3) is 0.357. The number of carbonyl (C=O) groups excluding carboxylic acids is 1. The van der Waals surface area contributed by atoms with Crippen molar-refractivity contribution < 1.29 is 13.9 Å². The molecular formula is C14H17NO3S. The van der Waals surface area contributed by atoms with Crippen LogP contribution in [-0.4, -0.2) is 13.1 Å². The number of furan rings is 1. The second-order valence-corrected chi connectivity index (χ2v) is 5.66. The summed E-state index contributed by atoms with van der Waals surface area (Å²) in [6, 6.07) is 6.19. The standard InChI is InChI=1S/C14H17NO3S/c1-9-4-5-13(19-9)10(2)15-7-12-6-11(8-18-12)14(16)17-3/h4-6,8,10,15H,7H2,1-3H3. The maximum absolute atomic E-state index is 11.3. The average Bonchev–Trinajstić information content (AvgIpc) is 3.04. The predicted octanol–water partition coefficient (Wildman–Crippen LogP) is 3.29. The summed E-state index contributed by atoms with van der Waals surface area (Å²) in [5.41, 5.74) is 0.443. The van der Waals surface area contributed by atoms with Crippen molar-refractivity contribution in [3.8, 4) is 0 Å². The van der Waals surface area contributed by atoms with Crippen molar-refractivity contribution in [1.29, 1.82) is 0 Å². The van der Waals surface area contributed by atoms with Crippen LogP contribution in [0.15, 0.2) is 28.9 Å². The molecule has 0 saturated heterocycles. The molecule has 2 rings (SSSR count). The lowest BCUT2D eigenvalue weighted by Crippen LogP contribution is -2.16. The van der Waals surface area contributed by atoms with E-state index in [0.717, 1.165) is 5.76 Å². The molecule has 0 saturated carbocycles. The molecule has 102 valence electrons. The minimum absolute atomic E-state index is 0.255. The summed E-state index contributed by atoms with van der Waals surface area (Å²) in [5, 5.41) is 3.36. The predicted molar refractivity (Wildman–Crippen MR) is 74.4 cm³/mol. The summed E-state index contributed by atoms with van der Waals surface area (Å²) in [7, 11) is 1.36. The topological polar surface area (TPSA) is 51.5 Å². The number of methoxy groups -OCH3 is 1. The number of ether oxygens (including phenoxy) is 1. The van der Waals surface area contributed by atoms with Gasteiger partial charge in [-0.2, -0.15) is 0 Å². The van der Waals surface area contributed by atoms with Crippen molar-refractivity contribution in [2.75, 3.05) is 7.11 Å². The summed E-state index contributed by atoms with van der Waals surface area (Å²) < 4.78 is 9.95. The number of thiophene rings is 1. The summed E-state index contributed by atoms with van der Waals surface area (Å²) in [6.07, 6.45) is 1.42. The number of hydrogen-bond donors (Lipinski definition) is 1. The largest absolute Gasteiger partial charge is 0.467 e. The van der Waals surface area contributed by atoms with Crippen molar-refractivity contribution in [2.24, 2.45) is 0 Å². The Hall–Kier alpha value is -1.59. The van der Waals surface area contributed by atoms with Gasteiger partial charge in [0.05, 0.1) is 19.2 Å². The van der Waals surface area contributed by atoms with Crippen LogP contribution in [-0.2, 0) is 11.3 Å². The van der Waals surface area contributed by atoms with Crippen LogP contribution in [0.3, 0.4) is 0 Å². The molecule has 0 aromatic carbocycles. The van der Waals surface area contributed by atoms with Crippen LogP contribution in [0.1, 0.15) is 38.8 Å². The summed E-state index contributed by atoms with van der Waals surface area (Å²) >= 11 is 1.78. The van der Waals surface area contributed by atoms with Gasteiger partial charge in [0, 0.05) is 15.8 Å². The van der Waals surface area contributed by atoms with Crippen LogP contribution in [0.4, 0.5) is 0 Å². The van der Waals surface area contributed by atoms with Crippen LogP contribution in [0.5, 0.6) is 0 Å². The molecule has 0 radical (unpaired) electrons. The van der Waals surface area contributed by atoms with Gasteiger partial charge in [0.15, 0.2) is 0 Å². The fourth-order valence-corrected chi connectivity index (χ4v) is 2.64. The Bertz CT molecular complexity index is 559. The van der Waals surface area contributed by atoms with Gasteiger partial charge >= 0.3 is 5.97 Å². The highest BCUT2D eigenvalue weighted by molar-refractivity contribution is 7.12. The van der Waals surface area contributed by atoms with Crippen molar-refractivity contribution in [2.45, 2.75) is 26.4 Å². The Balaban J connectivity index is 1.91. The van der Waals surface area contributed by atoms with Crippen LogP contribution >= 0.6 is 11.3 Å². The van der Waals surface area contributed by atoms with Crippen LogP contribution in [0, 0.1) is 6.92 Å². The van der Waals surface area contributed by atoms with Gasteiger partial charge in [0.2, 0.25) is 0 Å². The maximum Gasteiger partial charge on any atom is 0.341 e. The molecule has 0 spiro atoms. The SMILES string of the molecule is COC(=O)c1coc(CNC(C)c2ccc(C)s2)c1. The molecule has 0 aliphatic rings. The maximum atomic E-state index is 11.3. The molecule has 4 nitrogen and oxygen atoms in total. The molecule has 0 amide bonds. The van der Waals surface area contributed by atoms with Gasteiger partial charge in [-0.25, -0.2) is 4.79 Å². The number of carbonyl (C=O) groups is 1. The third-order valence-corrected chi connectivity index (χ3v) is 4.03. The highest BCUT2D eigenvalue weighted by Crippen LogP contribution is 2.22. The number of nitrogens with one attached hydrogen (secondary N) is 1. The molecule has 19 heavy (non-hydrogen) atoms. The second kappa shape index (κ2) is 6.04. The van der Waals surface area contributed by atoms with Crippen molar-refractivity contribution in [1.82, 2.24) is 5.32 Å². The third-order valence-electron chi connectivity index (χ3n) is 2.85. The highest BCUT2D eigenvalue weighted by atomic mass is 32.1. The number of hydrogen-bond acceptors (Lipinski definition) is 5. The van der Waals surface area contributed by atoms with Crippen LogP contribution in [0.2, 0.25) is 0 Å². The minimum Gasteiger partial charge on any atom is -0.467 e. The lowest BCUT2D eigenvalue weighted by molar-refractivity contribution is 0.0600. The smallest absolute Gasteiger partial charge is 0.341 e. The molecule has 2 aromatic heterocycles. The van der Waals surface area contributed by atoms with E-state index >= 15 is 0 Å². The van der Waals surface area contributed by atoms with E-state index < -0.39 is 0 Å². The Morgan fingerprint density at radius 3 is 2.95 bits per heavy atom. The molecule has 1 unspecified atom stereocenters. The molecule has 1 N–H and O–H groups in total. The lowest BCUT2D eigenvalue weighted by atomic mass is 10.2. The van der Waals surface area contributed by atoms with E-state index in [0.29, 0.717) is 12.1 Å². The Morgan fingerprint density at radius 1 is 1.53 bits per heavy atom. The molecule has 0 fully saturated rings. The van der Waals surface area contributed by atoms with E-state index in [1.54, 1.807) is 17.4 Å². The first-order valence-corrected chi connectivity index (χ1v) is 6.87. The first kappa shape index (κ1) is 13.8. The first-order chi connectivity index (χ1) is 9.10. The van der Waals surface area contributed by atoms with E-state index in [1.807, 2.05) is 0 Å². The molecule has 5 heteroatoms. The average molecular weight is 279 g/mol. The minimum atomic E-state index is -0.378. The Labute approximate surface area is 116 Å². The third kappa shape index (κ3) is 3.45. The van der Waals surface area contributed by atoms with Crippen LogP contribution in [0.25, 0.3) is 0 Å². The molecule has 2 heterocycles. The van der Waals surface area contributed by atoms with Gasteiger partial charge < -0.3 is 14.5 Å². The molecule has 0 aliphatic carbocycles. The van der Waals surface area contributed by atoms with Crippen LogP contribution < -0.4 is 5.32 Å². The number of esters is 1. The summed E-state index contributed by atoms with van der Waals surface area (Å²) in [6.45, 7) is 4.78. The Kier molecular flexibility index (Phi) is 4.39. The van der Waals surface area contributed by atoms with E-state index in [1.165, 1.54) is 23.1 Å². The van der Waals surface area contributed by atoms with Gasteiger partial charge in [-0.1, -0.05) is 0 Å². The van der Waals surface area contributed by atoms with Gasteiger partial charge in [0.1, 0.15) is 12.0 Å². The van der Waals surface area contributed by atoms with Gasteiger partial charge in [-0.3, -0.25) is 0 Å². The fourth-order valence-electron chi connectivity index (χ4n) is 1.74. The molecular weight excluding hydrogens is 262 g/mol. The molecule has 0 bridgehead atoms. The monoisotopic (exact) mass is 279 g/mol. The lowest BCUT2D eigenvalue weighted by Gasteiger charge is -2.10. The van der Waals surface area contributed by atoms with E-state index in [2.05, 4.69) is 36.0 Å². The van der Waals surface area contributed by atoms with Crippen molar-refractivity contribution >= 4 is 17.3 Å². The van der Waals surface area contributed by atoms with Crippen molar-refractivity contribution in [3.63, 3.8) is 0 Å². The zero-order valence-corrected chi connectivity index (χ0v) is 12.0. The summed E-state index contributed by atoms with van der Waals surface area (Å²) in [5.74, 6) is 0.345. The van der Waals surface area contributed by atoms with E-state index in [-0.39, 0.29) is 12.0 Å². The van der Waals surface area contributed by atoms with E-state index in [9.17, 15) is 4.79 Å². The zero-order valence-electron chi connectivity index (χ0n) is 11.2.